The van der Waals surface area contributed by atoms with E-state index in [1.807, 2.05) is 0 Å². The van der Waals surface area contributed by atoms with E-state index in [0.717, 1.165) is 19.6 Å². The molecule has 1 saturated heterocycles. The lowest BCUT2D eigenvalue weighted by Crippen LogP contribution is -2.31. The van der Waals surface area contributed by atoms with Crippen LogP contribution in [0.5, 0.6) is 0 Å². The lowest BCUT2D eigenvalue weighted by molar-refractivity contribution is 0.389. The molecule has 0 unspecified atom stereocenters. The highest BCUT2D eigenvalue weighted by Crippen LogP contribution is 2.11. The van der Waals surface area contributed by atoms with Gasteiger partial charge >= 0.3 is 0 Å². The van der Waals surface area contributed by atoms with Crippen LogP contribution in [-0.2, 0) is 0 Å². The Bertz CT molecular complexity index is 356. The van der Waals surface area contributed by atoms with Crippen LogP contribution in [0.25, 0.3) is 0 Å². The molecule has 5 heteroatoms. The van der Waals surface area contributed by atoms with Gasteiger partial charge in [-0.2, -0.15) is 0 Å². The molecule has 0 bridgehead atoms. The van der Waals surface area contributed by atoms with Gasteiger partial charge in [0.15, 0.2) is 0 Å². The van der Waals surface area contributed by atoms with Crippen LogP contribution in [0.2, 0.25) is 0 Å². The van der Waals surface area contributed by atoms with Crippen LogP contribution in [-0.4, -0.2) is 29.6 Å². The Hall–Kier alpha value is -1.36. The second kappa shape index (κ2) is 4.93. The van der Waals surface area contributed by atoms with Crippen molar-refractivity contribution in [2.24, 2.45) is 5.92 Å². The van der Waals surface area contributed by atoms with Gasteiger partial charge in [-0.25, -0.2) is 4.98 Å². The highest BCUT2D eigenvalue weighted by molar-refractivity contribution is 5.31. The van der Waals surface area contributed by atoms with Crippen LogP contribution in [0.4, 0.5) is 5.82 Å². The molecule has 1 aromatic heterocycles. The van der Waals surface area contributed by atoms with Crippen molar-refractivity contribution in [1.29, 1.82) is 0 Å². The van der Waals surface area contributed by atoms with Gasteiger partial charge in [0.05, 0.1) is 6.33 Å². The molecule has 0 spiro atoms. The zero-order valence-corrected chi connectivity index (χ0v) is 8.62. The van der Waals surface area contributed by atoms with Gasteiger partial charge in [-0.15, -0.1) is 0 Å². The van der Waals surface area contributed by atoms with Crippen LogP contribution < -0.4 is 16.2 Å². The van der Waals surface area contributed by atoms with Gasteiger partial charge in [0.2, 0.25) is 0 Å². The minimum Gasteiger partial charge on any atom is -0.370 e. The summed E-state index contributed by atoms with van der Waals surface area (Å²) in [5.41, 5.74) is -0.113. The van der Waals surface area contributed by atoms with Crippen LogP contribution in [0.3, 0.4) is 0 Å². The number of anilines is 1. The Kier molecular flexibility index (Phi) is 3.34. The summed E-state index contributed by atoms with van der Waals surface area (Å²) in [5, 5.41) is 6.52. The summed E-state index contributed by atoms with van der Waals surface area (Å²) in [6.07, 6.45) is 3.81. The van der Waals surface area contributed by atoms with E-state index in [4.69, 9.17) is 0 Å². The molecule has 1 aliphatic rings. The minimum atomic E-state index is -0.113. The highest BCUT2D eigenvalue weighted by Gasteiger charge is 2.12. The summed E-state index contributed by atoms with van der Waals surface area (Å²) >= 11 is 0. The number of nitrogens with zero attached hydrogens (tertiary/aromatic N) is 1. The number of nitrogens with one attached hydrogen (secondary N) is 3. The maximum atomic E-state index is 11.0. The predicted molar refractivity (Wildman–Crippen MR) is 58.9 cm³/mol. The van der Waals surface area contributed by atoms with Gasteiger partial charge in [-0.1, -0.05) is 0 Å². The van der Waals surface area contributed by atoms with Crippen molar-refractivity contribution >= 4 is 5.82 Å². The van der Waals surface area contributed by atoms with Crippen molar-refractivity contribution in [2.45, 2.75) is 12.8 Å². The molecule has 0 radical (unpaired) electrons. The number of aromatic nitrogens is 2. The fourth-order valence-corrected chi connectivity index (χ4v) is 1.80. The summed E-state index contributed by atoms with van der Waals surface area (Å²) in [7, 11) is 0. The van der Waals surface area contributed by atoms with Crippen molar-refractivity contribution in [3.8, 4) is 0 Å². The molecule has 2 rings (SSSR count). The van der Waals surface area contributed by atoms with Crippen molar-refractivity contribution in [1.82, 2.24) is 15.3 Å². The first-order valence-corrected chi connectivity index (χ1v) is 5.34. The Morgan fingerprint density at radius 3 is 3.00 bits per heavy atom. The van der Waals surface area contributed by atoms with Crippen LogP contribution in [0, 0.1) is 5.92 Å². The van der Waals surface area contributed by atoms with Crippen molar-refractivity contribution in [3.05, 3.63) is 22.7 Å². The third-order valence-electron chi connectivity index (χ3n) is 2.71. The highest BCUT2D eigenvalue weighted by atomic mass is 16.1. The van der Waals surface area contributed by atoms with Crippen LogP contribution in [0.15, 0.2) is 17.2 Å². The number of hydrogen-bond donors (Lipinski definition) is 3. The first-order chi connectivity index (χ1) is 7.34. The number of hydrogen-bond acceptors (Lipinski definition) is 4. The number of aromatic amines is 1. The van der Waals surface area contributed by atoms with E-state index in [1.54, 1.807) is 0 Å². The normalized spacial score (nSPS) is 17.6. The zero-order valence-electron chi connectivity index (χ0n) is 8.62. The van der Waals surface area contributed by atoms with Crippen LogP contribution in [0.1, 0.15) is 12.8 Å². The summed E-state index contributed by atoms with van der Waals surface area (Å²) in [5.74, 6) is 1.35. The summed E-state index contributed by atoms with van der Waals surface area (Å²) in [6, 6.07) is 1.49. The fraction of sp³-hybridized carbons (Fsp3) is 0.600. The van der Waals surface area contributed by atoms with Crippen molar-refractivity contribution in [2.75, 3.05) is 25.0 Å². The standard InChI is InChI=1S/C10H16N4O/c15-10-5-9(13-7-14-10)12-6-8-1-3-11-4-2-8/h5,7-8,11H,1-4,6H2,(H2,12,13,14,15). The topological polar surface area (TPSA) is 69.8 Å². The van der Waals surface area contributed by atoms with Gasteiger partial charge in [0, 0.05) is 12.6 Å². The third kappa shape index (κ3) is 3.06. The average molecular weight is 208 g/mol. The predicted octanol–water partition coefficient (Wildman–Crippen LogP) is 0.181. The first-order valence-electron chi connectivity index (χ1n) is 5.34. The van der Waals surface area contributed by atoms with Crippen molar-refractivity contribution < 1.29 is 0 Å². The zero-order chi connectivity index (χ0) is 10.5. The SMILES string of the molecule is O=c1cc(NCC2CCNCC2)nc[nH]1. The van der Waals surface area contributed by atoms with E-state index in [-0.39, 0.29) is 5.56 Å². The lowest BCUT2D eigenvalue weighted by Gasteiger charge is -2.22. The minimum absolute atomic E-state index is 0.113. The molecule has 5 nitrogen and oxygen atoms in total. The Balaban J connectivity index is 1.84. The molecule has 82 valence electrons. The molecule has 0 atom stereocenters. The number of piperidine rings is 1. The third-order valence-corrected chi connectivity index (χ3v) is 2.71. The molecule has 0 amide bonds. The molecule has 0 saturated carbocycles. The molecule has 0 aromatic carbocycles. The summed E-state index contributed by atoms with van der Waals surface area (Å²) < 4.78 is 0. The van der Waals surface area contributed by atoms with Gasteiger partial charge in [-0.05, 0) is 31.8 Å². The maximum Gasteiger partial charge on any atom is 0.252 e. The largest absolute Gasteiger partial charge is 0.370 e. The average Bonchev–Trinajstić information content (AvgIpc) is 2.28. The van der Waals surface area contributed by atoms with Gasteiger partial charge < -0.3 is 15.6 Å². The van der Waals surface area contributed by atoms with Gasteiger partial charge in [-0.3, -0.25) is 4.79 Å². The Morgan fingerprint density at radius 1 is 1.47 bits per heavy atom. The van der Waals surface area contributed by atoms with Crippen LogP contribution >= 0.6 is 0 Å². The smallest absolute Gasteiger partial charge is 0.252 e. The quantitative estimate of drug-likeness (QED) is 0.663. The van der Waals surface area contributed by atoms with Gasteiger partial charge in [0.25, 0.3) is 5.56 Å². The summed E-state index contributed by atoms with van der Waals surface area (Å²) in [4.78, 5) is 17.5. The van der Waals surface area contributed by atoms with Gasteiger partial charge in [0.1, 0.15) is 5.82 Å². The molecule has 1 fully saturated rings. The van der Waals surface area contributed by atoms with E-state index < -0.39 is 0 Å². The Morgan fingerprint density at radius 2 is 2.27 bits per heavy atom. The molecular weight excluding hydrogens is 192 g/mol. The lowest BCUT2D eigenvalue weighted by atomic mass is 9.98. The molecule has 1 aliphatic heterocycles. The maximum absolute atomic E-state index is 11.0. The molecular formula is C10H16N4O. The van der Waals surface area contributed by atoms with E-state index in [9.17, 15) is 4.79 Å². The first kappa shape index (κ1) is 10.2. The fourth-order valence-electron chi connectivity index (χ4n) is 1.80. The van der Waals surface area contributed by atoms with E-state index in [2.05, 4.69) is 20.6 Å². The second-order valence-electron chi connectivity index (χ2n) is 3.87. The summed E-state index contributed by atoms with van der Waals surface area (Å²) in [6.45, 7) is 3.09. The van der Waals surface area contributed by atoms with Crippen molar-refractivity contribution in [3.63, 3.8) is 0 Å². The second-order valence-corrected chi connectivity index (χ2v) is 3.87. The molecule has 15 heavy (non-hydrogen) atoms. The monoisotopic (exact) mass is 208 g/mol. The molecule has 1 aromatic rings. The number of H-pyrrole nitrogens is 1. The molecule has 0 aliphatic carbocycles. The molecule has 3 N–H and O–H groups in total. The van der Waals surface area contributed by atoms with E-state index >= 15 is 0 Å². The Labute approximate surface area is 88.3 Å². The molecule has 2 heterocycles. The van der Waals surface area contributed by atoms with E-state index in [0.29, 0.717) is 11.7 Å². The number of rotatable bonds is 3. The van der Waals surface area contributed by atoms with E-state index in [1.165, 1.54) is 25.2 Å².